The number of halogens is 1. The number of benzene rings is 2. The van der Waals surface area contributed by atoms with Gasteiger partial charge in [0.2, 0.25) is 5.91 Å². The normalized spacial score (nSPS) is 16.2. The lowest BCUT2D eigenvalue weighted by Gasteiger charge is -2.38. The number of carbonyl (C=O) groups excluding carboxylic acids is 2. The van der Waals surface area contributed by atoms with Crippen molar-refractivity contribution in [3.63, 3.8) is 0 Å². The molecule has 1 atom stereocenters. The number of nitrogens with zero attached hydrogens (tertiary/aromatic N) is 2. The number of thiophene rings is 1. The number of rotatable bonds is 4. The van der Waals surface area contributed by atoms with E-state index in [-0.39, 0.29) is 5.91 Å². The Labute approximate surface area is 172 Å². The molecule has 144 valence electrons. The first-order chi connectivity index (χ1) is 13.5. The molecule has 2 heterocycles. The van der Waals surface area contributed by atoms with E-state index < -0.39 is 11.9 Å². The second-order valence-electron chi connectivity index (χ2n) is 6.83. The molecule has 0 bridgehead atoms. The fraction of sp³-hybridized carbons (Fsp3) is 0.238. The van der Waals surface area contributed by atoms with Crippen molar-refractivity contribution < 1.29 is 9.59 Å². The second-order valence-corrected chi connectivity index (χ2v) is 8.35. The molecule has 3 aromatic rings. The summed E-state index contributed by atoms with van der Waals surface area (Å²) in [4.78, 5) is 29.6. The molecular formula is C21H20ClN3O2S. The number of fused-ring (bicyclic) bond motifs is 1. The third kappa shape index (κ3) is 3.76. The molecule has 1 saturated heterocycles. The Bertz CT molecular complexity index is 977. The molecule has 2 N–H and O–H groups in total. The van der Waals surface area contributed by atoms with Gasteiger partial charge in [0.05, 0.1) is 4.88 Å². The number of hydrogen-bond acceptors (Lipinski definition) is 4. The highest BCUT2D eigenvalue weighted by atomic mass is 35.5. The molecular weight excluding hydrogens is 394 g/mol. The first kappa shape index (κ1) is 18.9. The van der Waals surface area contributed by atoms with Crippen LogP contribution in [0.5, 0.6) is 0 Å². The minimum atomic E-state index is -0.515. The van der Waals surface area contributed by atoms with Gasteiger partial charge in [-0.15, -0.1) is 11.3 Å². The summed E-state index contributed by atoms with van der Waals surface area (Å²) in [6, 6.07) is 16.6. The maximum absolute atomic E-state index is 12.9. The maximum atomic E-state index is 12.9. The zero-order chi connectivity index (χ0) is 19.7. The van der Waals surface area contributed by atoms with Crippen LogP contribution in [0.15, 0.2) is 54.6 Å². The summed E-state index contributed by atoms with van der Waals surface area (Å²) in [7, 11) is 0. The Hall–Kier alpha value is -2.41. The lowest BCUT2D eigenvalue weighted by Crippen LogP contribution is -2.51. The molecule has 0 radical (unpaired) electrons. The fourth-order valence-corrected chi connectivity index (χ4v) is 4.78. The monoisotopic (exact) mass is 413 g/mol. The standard InChI is InChI=1S/C21H20ClN3O2S/c22-16-7-5-14(6-8-16)19(20(23)26)24-9-11-25(12-10-24)21(27)18-13-15-3-1-2-4-17(15)28-18/h1-8,13,19H,9-12H2,(H2,23,26). The van der Waals surface area contributed by atoms with Gasteiger partial charge in [-0.3, -0.25) is 14.5 Å². The van der Waals surface area contributed by atoms with Crippen LogP contribution in [0.4, 0.5) is 0 Å². The van der Waals surface area contributed by atoms with Crippen LogP contribution >= 0.6 is 22.9 Å². The highest BCUT2D eigenvalue weighted by molar-refractivity contribution is 7.20. The van der Waals surface area contributed by atoms with Gasteiger partial charge in [-0.05, 0) is 35.2 Å². The van der Waals surface area contributed by atoms with Gasteiger partial charge in [0.1, 0.15) is 6.04 Å². The molecule has 1 aliphatic heterocycles. The first-order valence-corrected chi connectivity index (χ1v) is 10.3. The smallest absolute Gasteiger partial charge is 0.264 e. The molecule has 7 heteroatoms. The van der Waals surface area contributed by atoms with Crippen molar-refractivity contribution in [3.8, 4) is 0 Å². The second kappa shape index (κ2) is 7.91. The molecule has 0 spiro atoms. The van der Waals surface area contributed by atoms with E-state index in [1.807, 2.05) is 52.3 Å². The van der Waals surface area contributed by atoms with Crippen LogP contribution in [0, 0.1) is 0 Å². The van der Waals surface area contributed by atoms with Gasteiger partial charge in [0.15, 0.2) is 0 Å². The quantitative estimate of drug-likeness (QED) is 0.711. The molecule has 2 amide bonds. The van der Waals surface area contributed by atoms with E-state index in [9.17, 15) is 9.59 Å². The summed E-state index contributed by atoms with van der Waals surface area (Å²) in [5.74, 6) is -0.352. The lowest BCUT2D eigenvalue weighted by atomic mass is 10.0. The highest BCUT2D eigenvalue weighted by Gasteiger charge is 2.31. The molecule has 1 fully saturated rings. The van der Waals surface area contributed by atoms with E-state index >= 15 is 0 Å². The van der Waals surface area contributed by atoms with Crippen molar-refractivity contribution >= 4 is 44.8 Å². The molecule has 0 saturated carbocycles. The van der Waals surface area contributed by atoms with Gasteiger partial charge in [0.25, 0.3) is 5.91 Å². The van der Waals surface area contributed by atoms with Gasteiger partial charge in [0, 0.05) is 35.9 Å². The summed E-state index contributed by atoms with van der Waals surface area (Å²) in [5, 5.41) is 1.71. The minimum absolute atomic E-state index is 0.0444. The summed E-state index contributed by atoms with van der Waals surface area (Å²) in [5.41, 5.74) is 6.49. The molecule has 1 aliphatic rings. The summed E-state index contributed by atoms with van der Waals surface area (Å²) in [6.07, 6.45) is 0. The van der Waals surface area contributed by atoms with Crippen LogP contribution in [0.1, 0.15) is 21.3 Å². The van der Waals surface area contributed by atoms with Crippen molar-refractivity contribution in [2.45, 2.75) is 6.04 Å². The van der Waals surface area contributed by atoms with E-state index in [1.54, 1.807) is 12.1 Å². The molecule has 2 aromatic carbocycles. The fourth-order valence-electron chi connectivity index (χ4n) is 3.63. The molecule has 5 nitrogen and oxygen atoms in total. The van der Waals surface area contributed by atoms with Gasteiger partial charge in [-0.25, -0.2) is 0 Å². The van der Waals surface area contributed by atoms with Gasteiger partial charge < -0.3 is 10.6 Å². The van der Waals surface area contributed by atoms with Crippen LogP contribution < -0.4 is 5.73 Å². The van der Waals surface area contributed by atoms with E-state index in [1.165, 1.54) is 11.3 Å². The predicted molar refractivity (Wildman–Crippen MR) is 113 cm³/mol. The number of piperazine rings is 1. The Morgan fingerprint density at radius 1 is 1.00 bits per heavy atom. The van der Waals surface area contributed by atoms with Crippen molar-refractivity contribution in [1.29, 1.82) is 0 Å². The SMILES string of the molecule is NC(=O)C(c1ccc(Cl)cc1)N1CCN(C(=O)c2cc3ccccc3s2)CC1. The van der Waals surface area contributed by atoms with Crippen molar-refractivity contribution in [3.05, 3.63) is 70.1 Å². The van der Waals surface area contributed by atoms with Crippen LogP contribution in [0.3, 0.4) is 0 Å². The minimum Gasteiger partial charge on any atom is -0.368 e. The average Bonchev–Trinajstić information content (AvgIpc) is 3.14. The molecule has 28 heavy (non-hydrogen) atoms. The zero-order valence-corrected chi connectivity index (χ0v) is 16.7. The molecule has 1 aromatic heterocycles. The molecule has 1 unspecified atom stereocenters. The average molecular weight is 414 g/mol. The maximum Gasteiger partial charge on any atom is 0.264 e. The molecule has 4 rings (SSSR count). The van der Waals surface area contributed by atoms with E-state index in [4.69, 9.17) is 17.3 Å². The number of primary amides is 1. The van der Waals surface area contributed by atoms with E-state index in [0.717, 1.165) is 20.5 Å². The summed E-state index contributed by atoms with van der Waals surface area (Å²) in [6.45, 7) is 2.30. The van der Waals surface area contributed by atoms with E-state index in [2.05, 4.69) is 0 Å². The Balaban J connectivity index is 1.46. The first-order valence-electron chi connectivity index (χ1n) is 9.09. The Kier molecular flexibility index (Phi) is 5.35. The van der Waals surface area contributed by atoms with Crippen molar-refractivity contribution in [2.75, 3.05) is 26.2 Å². The Morgan fingerprint density at radius 2 is 1.68 bits per heavy atom. The zero-order valence-electron chi connectivity index (χ0n) is 15.2. The Morgan fingerprint density at radius 3 is 2.32 bits per heavy atom. The number of hydrogen-bond donors (Lipinski definition) is 1. The highest BCUT2D eigenvalue weighted by Crippen LogP contribution is 2.28. The largest absolute Gasteiger partial charge is 0.368 e. The van der Waals surface area contributed by atoms with Gasteiger partial charge >= 0.3 is 0 Å². The number of nitrogens with two attached hydrogens (primary N) is 1. The molecule has 0 aliphatic carbocycles. The van der Waals surface area contributed by atoms with Gasteiger partial charge in [-0.1, -0.05) is 41.9 Å². The lowest BCUT2D eigenvalue weighted by molar-refractivity contribution is -0.124. The topological polar surface area (TPSA) is 66.6 Å². The van der Waals surface area contributed by atoms with E-state index in [0.29, 0.717) is 31.2 Å². The van der Waals surface area contributed by atoms with Crippen LogP contribution in [0.25, 0.3) is 10.1 Å². The third-order valence-electron chi connectivity index (χ3n) is 5.06. The predicted octanol–water partition coefficient (Wildman–Crippen LogP) is 3.54. The summed E-state index contributed by atoms with van der Waals surface area (Å²) < 4.78 is 1.11. The van der Waals surface area contributed by atoms with Crippen molar-refractivity contribution in [1.82, 2.24) is 9.80 Å². The van der Waals surface area contributed by atoms with Crippen LogP contribution in [0.2, 0.25) is 5.02 Å². The number of carbonyl (C=O) groups is 2. The van der Waals surface area contributed by atoms with Crippen LogP contribution in [-0.4, -0.2) is 47.8 Å². The van der Waals surface area contributed by atoms with Crippen LogP contribution in [-0.2, 0) is 4.79 Å². The summed E-state index contributed by atoms with van der Waals surface area (Å²) >= 11 is 7.47. The van der Waals surface area contributed by atoms with Gasteiger partial charge in [-0.2, -0.15) is 0 Å². The van der Waals surface area contributed by atoms with Crippen molar-refractivity contribution in [2.24, 2.45) is 5.73 Å². The number of amides is 2. The third-order valence-corrected chi connectivity index (χ3v) is 6.41.